The molecule has 0 aliphatic carbocycles. The summed E-state index contributed by atoms with van der Waals surface area (Å²) in [6.07, 6.45) is 1.53. The van der Waals surface area contributed by atoms with Crippen molar-refractivity contribution in [1.82, 2.24) is 9.66 Å². The van der Waals surface area contributed by atoms with E-state index in [0.29, 0.717) is 28.2 Å². The van der Waals surface area contributed by atoms with Gasteiger partial charge in [-0.3, -0.25) is 4.79 Å². The first-order valence-electron chi connectivity index (χ1n) is 7.52. The number of aromatic hydroxyl groups is 1. The van der Waals surface area contributed by atoms with E-state index in [-0.39, 0.29) is 11.3 Å². The van der Waals surface area contributed by atoms with Gasteiger partial charge in [-0.25, -0.2) is 4.98 Å². The van der Waals surface area contributed by atoms with Crippen molar-refractivity contribution in [2.24, 2.45) is 5.10 Å². The maximum Gasteiger partial charge on any atom is 0.282 e. The molecule has 0 aliphatic heterocycles. The third-order valence-electron chi connectivity index (χ3n) is 3.73. The third kappa shape index (κ3) is 3.16. The Morgan fingerprint density at radius 3 is 2.40 bits per heavy atom. The number of phenols is 1. The van der Waals surface area contributed by atoms with Gasteiger partial charge in [0.15, 0.2) is 11.5 Å². The van der Waals surface area contributed by atoms with Gasteiger partial charge in [-0.15, -0.1) is 0 Å². The first kappa shape index (κ1) is 16.5. The maximum atomic E-state index is 12.8. The summed E-state index contributed by atoms with van der Waals surface area (Å²) in [7, 11) is 3.03. The Morgan fingerprint density at radius 2 is 1.76 bits per heavy atom. The smallest absolute Gasteiger partial charge is 0.282 e. The largest absolute Gasteiger partial charge is 0.508 e. The van der Waals surface area contributed by atoms with Gasteiger partial charge in [-0.05, 0) is 42.8 Å². The minimum Gasteiger partial charge on any atom is -0.508 e. The Labute approximate surface area is 143 Å². The fraction of sp³-hybridized carbons (Fsp3) is 0.167. The van der Waals surface area contributed by atoms with Crippen LogP contribution in [0.15, 0.2) is 46.3 Å². The van der Waals surface area contributed by atoms with E-state index in [4.69, 9.17) is 9.47 Å². The zero-order chi connectivity index (χ0) is 18.0. The normalized spacial score (nSPS) is 11.2. The van der Waals surface area contributed by atoms with Crippen LogP contribution in [0.5, 0.6) is 17.2 Å². The van der Waals surface area contributed by atoms with Crippen molar-refractivity contribution >= 4 is 17.1 Å². The van der Waals surface area contributed by atoms with Crippen LogP contribution < -0.4 is 15.0 Å². The van der Waals surface area contributed by atoms with E-state index in [9.17, 15) is 9.90 Å². The third-order valence-corrected chi connectivity index (χ3v) is 3.73. The summed E-state index contributed by atoms with van der Waals surface area (Å²) >= 11 is 0. The van der Waals surface area contributed by atoms with Crippen molar-refractivity contribution in [1.29, 1.82) is 0 Å². The lowest BCUT2D eigenvalue weighted by Crippen LogP contribution is -2.20. The van der Waals surface area contributed by atoms with Gasteiger partial charge in [0.1, 0.15) is 11.6 Å². The van der Waals surface area contributed by atoms with Gasteiger partial charge in [0.2, 0.25) is 0 Å². The lowest BCUT2D eigenvalue weighted by Gasteiger charge is -2.10. The molecule has 0 radical (unpaired) electrons. The van der Waals surface area contributed by atoms with Crippen molar-refractivity contribution in [2.45, 2.75) is 6.92 Å². The fourth-order valence-corrected chi connectivity index (χ4v) is 2.44. The highest BCUT2D eigenvalue weighted by Crippen LogP contribution is 2.30. The molecular formula is C18H17N3O4. The van der Waals surface area contributed by atoms with Gasteiger partial charge in [0.05, 0.1) is 31.3 Å². The first-order chi connectivity index (χ1) is 12.0. The lowest BCUT2D eigenvalue weighted by atomic mass is 10.2. The Morgan fingerprint density at radius 1 is 1.12 bits per heavy atom. The van der Waals surface area contributed by atoms with Crippen molar-refractivity contribution < 1.29 is 14.6 Å². The van der Waals surface area contributed by atoms with E-state index in [1.165, 1.54) is 25.1 Å². The average Bonchev–Trinajstić information content (AvgIpc) is 2.62. The molecule has 1 N–H and O–H groups in total. The van der Waals surface area contributed by atoms with E-state index in [2.05, 4.69) is 10.1 Å². The number of hydrogen-bond acceptors (Lipinski definition) is 6. The fourth-order valence-electron chi connectivity index (χ4n) is 2.44. The van der Waals surface area contributed by atoms with Gasteiger partial charge >= 0.3 is 0 Å². The SMILES string of the molecule is COc1cc2nc(C)n(N=Cc3ccc(O)cc3)c(=O)c2cc1OC. The van der Waals surface area contributed by atoms with Crippen molar-refractivity contribution in [3.05, 3.63) is 58.1 Å². The first-order valence-corrected chi connectivity index (χ1v) is 7.52. The number of phenolic OH excluding ortho intramolecular Hbond substituents is 1. The molecule has 2 aromatic carbocycles. The molecule has 0 bridgehead atoms. The standard InChI is InChI=1S/C18H17N3O4/c1-11-20-15-9-17(25-3)16(24-2)8-14(15)18(23)21(11)19-10-12-4-6-13(22)7-5-12/h4-10,22H,1-3H3. The second-order valence-electron chi connectivity index (χ2n) is 5.34. The molecular weight excluding hydrogens is 322 g/mol. The number of aryl methyl sites for hydroxylation is 1. The summed E-state index contributed by atoms with van der Waals surface area (Å²) in [4.78, 5) is 17.2. The Hall–Kier alpha value is -3.35. The van der Waals surface area contributed by atoms with E-state index in [1.807, 2.05) is 0 Å². The Kier molecular flexibility index (Phi) is 4.38. The van der Waals surface area contributed by atoms with Crippen molar-refractivity contribution in [3.63, 3.8) is 0 Å². The molecule has 7 heteroatoms. The number of benzene rings is 2. The van der Waals surface area contributed by atoms with E-state index >= 15 is 0 Å². The number of methoxy groups -OCH3 is 2. The minimum atomic E-state index is -0.307. The summed E-state index contributed by atoms with van der Waals surface area (Å²) in [6, 6.07) is 9.74. The molecule has 0 amide bonds. The summed E-state index contributed by atoms with van der Waals surface area (Å²) in [5.41, 5.74) is 0.950. The van der Waals surface area contributed by atoms with E-state index in [1.54, 1.807) is 43.3 Å². The molecule has 0 aliphatic rings. The van der Waals surface area contributed by atoms with Crippen LogP contribution in [0.2, 0.25) is 0 Å². The molecule has 0 fully saturated rings. The van der Waals surface area contributed by atoms with Gasteiger partial charge in [-0.1, -0.05) is 0 Å². The van der Waals surface area contributed by atoms with Gasteiger partial charge in [0.25, 0.3) is 5.56 Å². The van der Waals surface area contributed by atoms with Crippen LogP contribution in [0.4, 0.5) is 0 Å². The van der Waals surface area contributed by atoms with Gasteiger partial charge in [-0.2, -0.15) is 9.78 Å². The van der Waals surface area contributed by atoms with E-state index < -0.39 is 0 Å². The molecule has 1 heterocycles. The number of nitrogens with zero attached hydrogens (tertiary/aromatic N) is 3. The molecule has 1 aromatic heterocycles. The highest BCUT2D eigenvalue weighted by atomic mass is 16.5. The molecule has 128 valence electrons. The second kappa shape index (κ2) is 6.64. The summed E-state index contributed by atoms with van der Waals surface area (Å²) in [5.74, 6) is 1.57. The molecule has 0 unspecified atom stereocenters. The summed E-state index contributed by atoms with van der Waals surface area (Å²) in [6.45, 7) is 1.70. The van der Waals surface area contributed by atoms with Crippen LogP contribution in [0.25, 0.3) is 10.9 Å². The van der Waals surface area contributed by atoms with Crippen LogP contribution in [0, 0.1) is 6.92 Å². The molecule has 0 saturated carbocycles. The lowest BCUT2D eigenvalue weighted by molar-refractivity contribution is 0.355. The van der Waals surface area contributed by atoms with E-state index in [0.717, 1.165) is 5.56 Å². The monoisotopic (exact) mass is 339 g/mol. The van der Waals surface area contributed by atoms with Crippen molar-refractivity contribution in [2.75, 3.05) is 14.2 Å². The maximum absolute atomic E-state index is 12.8. The van der Waals surface area contributed by atoms with Crippen LogP contribution >= 0.6 is 0 Å². The molecule has 0 saturated heterocycles. The van der Waals surface area contributed by atoms with Gasteiger partial charge < -0.3 is 14.6 Å². The Balaban J connectivity index is 2.12. The second-order valence-corrected chi connectivity index (χ2v) is 5.34. The number of rotatable bonds is 4. The summed E-state index contributed by atoms with van der Waals surface area (Å²) < 4.78 is 11.7. The summed E-state index contributed by atoms with van der Waals surface area (Å²) in [5, 5.41) is 13.9. The van der Waals surface area contributed by atoms with Gasteiger partial charge in [0, 0.05) is 6.07 Å². The van der Waals surface area contributed by atoms with Crippen LogP contribution in [0.3, 0.4) is 0 Å². The molecule has 7 nitrogen and oxygen atoms in total. The van der Waals surface area contributed by atoms with Crippen molar-refractivity contribution in [3.8, 4) is 17.2 Å². The predicted molar refractivity (Wildman–Crippen MR) is 94.9 cm³/mol. The molecule has 3 rings (SSSR count). The number of aromatic nitrogens is 2. The number of ether oxygens (including phenoxy) is 2. The zero-order valence-corrected chi connectivity index (χ0v) is 14.1. The highest BCUT2D eigenvalue weighted by Gasteiger charge is 2.12. The molecule has 3 aromatic rings. The van der Waals surface area contributed by atoms with Crippen LogP contribution in [-0.2, 0) is 0 Å². The quantitative estimate of drug-likeness (QED) is 0.737. The van der Waals surface area contributed by atoms with Crippen LogP contribution in [0.1, 0.15) is 11.4 Å². The zero-order valence-electron chi connectivity index (χ0n) is 14.1. The Bertz CT molecular complexity index is 1010. The number of hydrogen-bond donors (Lipinski definition) is 1. The topological polar surface area (TPSA) is 85.9 Å². The number of fused-ring (bicyclic) bond motifs is 1. The molecule has 0 atom stereocenters. The molecule has 0 spiro atoms. The minimum absolute atomic E-state index is 0.166. The predicted octanol–water partition coefficient (Wildman–Crippen LogP) is 2.31. The highest BCUT2D eigenvalue weighted by molar-refractivity contribution is 5.82. The van der Waals surface area contributed by atoms with Crippen LogP contribution in [-0.4, -0.2) is 35.2 Å². The molecule has 25 heavy (non-hydrogen) atoms. The average molecular weight is 339 g/mol.